The minimum absolute atomic E-state index is 0.0208. The Morgan fingerprint density at radius 2 is 1.87 bits per heavy atom. The molecule has 2 atom stereocenters. The summed E-state index contributed by atoms with van der Waals surface area (Å²) in [6.45, 7) is 6.59. The van der Waals surface area contributed by atoms with Crippen molar-refractivity contribution in [2.45, 2.75) is 70.9 Å². The number of likely N-dealkylation sites (N-methyl/N-ethyl adjacent to an activating group) is 1. The third-order valence-electron chi connectivity index (χ3n) is 11.9. The van der Waals surface area contributed by atoms with Crippen LogP contribution < -0.4 is 10.2 Å². The predicted molar refractivity (Wildman–Crippen MR) is 206 cm³/mol. The summed E-state index contributed by atoms with van der Waals surface area (Å²) in [5.41, 5.74) is 5.26. The van der Waals surface area contributed by atoms with Crippen molar-refractivity contribution in [3.05, 3.63) is 77.4 Å². The number of para-hydroxylation sites is 1. The van der Waals surface area contributed by atoms with E-state index in [4.69, 9.17) is 19.8 Å². The van der Waals surface area contributed by atoms with Gasteiger partial charge in [0.2, 0.25) is 0 Å². The van der Waals surface area contributed by atoms with Gasteiger partial charge in [-0.2, -0.15) is 5.10 Å². The number of hydrogen-bond donors (Lipinski definition) is 2. The Labute approximate surface area is 312 Å². The lowest BCUT2D eigenvalue weighted by Gasteiger charge is -2.61. The number of thiazole rings is 1. The van der Waals surface area contributed by atoms with Crippen molar-refractivity contribution in [1.29, 1.82) is 0 Å². The van der Waals surface area contributed by atoms with Gasteiger partial charge in [0, 0.05) is 47.2 Å². The molecule has 0 amide bonds. The fourth-order valence-corrected chi connectivity index (χ4v) is 10.8. The molecule has 1 aliphatic heterocycles. The molecule has 0 saturated heterocycles. The largest absolute Gasteiger partial charge is 0.476 e. The maximum Gasteiger partial charge on any atom is 0.355 e. The third kappa shape index (κ3) is 6.18. The molecule has 2 unspecified atom stereocenters. The van der Waals surface area contributed by atoms with Crippen LogP contribution in [-0.2, 0) is 17.7 Å². The van der Waals surface area contributed by atoms with Gasteiger partial charge in [0.1, 0.15) is 5.82 Å². The summed E-state index contributed by atoms with van der Waals surface area (Å²) in [6.07, 6.45) is 13.5. The molecule has 5 heterocycles. The highest BCUT2D eigenvalue weighted by atomic mass is 32.1. The van der Waals surface area contributed by atoms with Gasteiger partial charge < -0.3 is 20.1 Å². The van der Waals surface area contributed by atoms with Crippen molar-refractivity contribution >= 4 is 50.1 Å². The SMILES string of the molecule is Cc1c(Nc2nc3ccccc3s2)nnc2c1CC=CN2c1ccc(-c2cnn(CC34CC5CC(C3)CC(OCCN(C)C)(C5)C4)c2C)c(C(=O)O)n1. The summed E-state index contributed by atoms with van der Waals surface area (Å²) in [4.78, 5) is 26.2. The van der Waals surface area contributed by atoms with Crippen LogP contribution in [0.2, 0.25) is 0 Å². The zero-order chi connectivity index (χ0) is 36.5. The minimum atomic E-state index is -1.09. The first kappa shape index (κ1) is 34.1. The van der Waals surface area contributed by atoms with E-state index in [1.165, 1.54) is 32.1 Å². The molecule has 0 spiro atoms. The number of nitrogens with one attached hydrogen (secondary N) is 1. The van der Waals surface area contributed by atoms with Crippen molar-refractivity contribution < 1.29 is 14.6 Å². The fourth-order valence-electron chi connectivity index (χ4n) is 9.97. The number of hydrogen-bond acceptors (Lipinski definition) is 11. The molecule has 53 heavy (non-hydrogen) atoms. The molecule has 12 nitrogen and oxygen atoms in total. The Bertz CT molecular complexity index is 2210. The molecule has 2 N–H and O–H groups in total. The minimum Gasteiger partial charge on any atom is -0.476 e. The van der Waals surface area contributed by atoms with E-state index in [1.54, 1.807) is 11.3 Å². The van der Waals surface area contributed by atoms with Gasteiger partial charge in [0.15, 0.2) is 22.5 Å². The number of ether oxygens (including phenoxy) is 1. The van der Waals surface area contributed by atoms with Crippen LogP contribution in [0, 0.1) is 31.1 Å². The van der Waals surface area contributed by atoms with Gasteiger partial charge in [-0.25, -0.2) is 14.8 Å². The number of carboxylic acids is 1. The third-order valence-corrected chi connectivity index (χ3v) is 12.9. The van der Waals surface area contributed by atoms with Crippen molar-refractivity contribution in [2.24, 2.45) is 17.3 Å². The van der Waals surface area contributed by atoms with E-state index in [1.807, 2.05) is 73.6 Å². The fraction of sp³-hybridized carbons (Fsp3) is 0.450. The Morgan fingerprint density at radius 3 is 2.64 bits per heavy atom. The first-order valence-corrected chi connectivity index (χ1v) is 19.4. The van der Waals surface area contributed by atoms with Crippen LogP contribution in [0.1, 0.15) is 65.8 Å². The molecular formula is C40H45N9O3S. The van der Waals surface area contributed by atoms with Crippen molar-refractivity contribution in [2.75, 3.05) is 37.5 Å². The van der Waals surface area contributed by atoms with Crippen LogP contribution in [0.3, 0.4) is 0 Å². The standard InChI is InChI=1S/C40H45N9O3S/c1-24-28-8-7-13-48(36(28)46-45-35(24)44-38-42-31-9-5-6-10-32(31)53-38)33-12-11-29(34(43-33)37(50)51)30-21-41-49(25(30)2)23-39-17-26-16-27(18-39)20-40(19-26,22-39)52-15-14-47(3)4/h5-7,9-13,21,26-27H,8,14-20,22-23H2,1-4H3,(H,50,51)(H,42,44,45). The van der Waals surface area contributed by atoms with Gasteiger partial charge in [-0.1, -0.05) is 29.5 Å². The van der Waals surface area contributed by atoms with E-state index in [-0.39, 0.29) is 16.7 Å². The van der Waals surface area contributed by atoms with E-state index in [9.17, 15) is 9.90 Å². The maximum absolute atomic E-state index is 12.8. The first-order chi connectivity index (χ1) is 25.6. The number of fused-ring (bicyclic) bond motifs is 2. The Kier molecular flexibility index (Phi) is 8.35. The lowest BCUT2D eigenvalue weighted by Crippen LogP contribution is -2.58. The zero-order valence-corrected chi connectivity index (χ0v) is 31.5. The lowest BCUT2D eigenvalue weighted by molar-refractivity contribution is -0.197. The summed E-state index contributed by atoms with van der Waals surface area (Å²) in [5, 5.41) is 28.6. The second kappa shape index (κ2) is 13.0. The van der Waals surface area contributed by atoms with E-state index >= 15 is 0 Å². The van der Waals surface area contributed by atoms with Crippen LogP contribution >= 0.6 is 11.3 Å². The zero-order valence-electron chi connectivity index (χ0n) is 30.7. The summed E-state index contributed by atoms with van der Waals surface area (Å²) in [7, 11) is 4.20. The molecule has 4 aromatic heterocycles. The van der Waals surface area contributed by atoms with Crippen LogP contribution in [0.5, 0.6) is 0 Å². The number of anilines is 4. The van der Waals surface area contributed by atoms with Crippen molar-refractivity contribution in [1.82, 2.24) is 34.8 Å². The normalized spacial score (nSPS) is 24.4. The van der Waals surface area contributed by atoms with E-state index in [0.29, 0.717) is 41.3 Å². The number of rotatable bonds is 11. The van der Waals surface area contributed by atoms with Gasteiger partial charge in [-0.3, -0.25) is 9.58 Å². The Hall–Kier alpha value is -4.72. The van der Waals surface area contributed by atoms with Gasteiger partial charge in [0.05, 0.1) is 28.6 Å². The number of pyridine rings is 1. The van der Waals surface area contributed by atoms with E-state index in [2.05, 4.69) is 39.2 Å². The lowest BCUT2D eigenvalue weighted by atomic mass is 9.48. The molecule has 0 radical (unpaired) electrons. The van der Waals surface area contributed by atoms with Crippen LogP contribution in [0.25, 0.3) is 21.3 Å². The van der Waals surface area contributed by atoms with Gasteiger partial charge >= 0.3 is 5.97 Å². The molecule has 274 valence electrons. The predicted octanol–water partition coefficient (Wildman–Crippen LogP) is 7.53. The second-order valence-corrected chi connectivity index (χ2v) is 17.0. The molecule has 10 rings (SSSR count). The molecule has 4 saturated carbocycles. The molecule has 5 aliphatic rings. The quantitative estimate of drug-likeness (QED) is 0.140. The maximum atomic E-state index is 12.8. The highest BCUT2D eigenvalue weighted by Crippen LogP contribution is 2.63. The molecule has 5 aromatic rings. The highest BCUT2D eigenvalue weighted by Gasteiger charge is 2.58. The molecule has 4 aliphatic carbocycles. The van der Waals surface area contributed by atoms with Gasteiger partial charge in [0.25, 0.3) is 0 Å². The molecule has 13 heteroatoms. The van der Waals surface area contributed by atoms with Crippen molar-refractivity contribution in [3.8, 4) is 11.1 Å². The summed E-state index contributed by atoms with van der Waals surface area (Å²) in [5.74, 6) is 2.03. The average Bonchev–Trinajstić information content (AvgIpc) is 3.70. The second-order valence-electron chi connectivity index (χ2n) is 16.0. The number of carboxylic acid groups (broad SMARTS) is 1. The Balaban J connectivity index is 0.973. The molecule has 1 aromatic carbocycles. The monoisotopic (exact) mass is 731 g/mol. The molecule has 4 bridgehead atoms. The number of nitrogens with zero attached hydrogens (tertiary/aromatic N) is 8. The number of carbonyl (C=O) groups is 1. The average molecular weight is 732 g/mol. The smallest absolute Gasteiger partial charge is 0.355 e. The summed E-state index contributed by atoms with van der Waals surface area (Å²) < 4.78 is 9.93. The van der Waals surface area contributed by atoms with Crippen LogP contribution in [0.4, 0.5) is 22.6 Å². The van der Waals surface area contributed by atoms with Gasteiger partial charge in [-0.15, -0.1) is 10.2 Å². The highest BCUT2D eigenvalue weighted by molar-refractivity contribution is 7.22. The first-order valence-electron chi connectivity index (χ1n) is 18.6. The van der Waals surface area contributed by atoms with E-state index < -0.39 is 5.97 Å². The summed E-state index contributed by atoms with van der Waals surface area (Å²) >= 11 is 1.57. The van der Waals surface area contributed by atoms with Crippen LogP contribution in [-0.4, -0.2) is 78.8 Å². The number of benzene rings is 1. The van der Waals surface area contributed by atoms with E-state index in [0.717, 1.165) is 63.8 Å². The number of allylic oxidation sites excluding steroid dienone is 1. The topological polar surface area (TPSA) is 134 Å². The van der Waals surface area contributed by atoms with Crippen molar-refractivity contribution in [3.63, 3.8) is 0 Å². The van der Waals surface area contributed by atoms with Crippen LogP contribution in [0.15, 0.2) is 54.9 Å². The number of aromatic carboxylic acids is 1. The molecule has 4 fully saturated rings. The molecular weight excluding hydrogens is 687 g/mol. The van der Waals surface area contributed by atoms with Gasteiger partial charge in [-0.05, 0) is 114 Å². The Morgan fingerprint density at radius 1 is 1.06 bits per heavy atom. The number of aromatic nitrogens is 6. The summed E-state index contributed by atoms with van der Waals surface area (Å²) in [6, 6.07) is 11.7.